The highest BCUT2D eigenvalue weighted by molar-refractivity contribution is 6.45. The van der Waals surface area contributed by atoms with Crippen molar-refractivity contribution in [2.75, 3.05) is 0 Å². The molecule has 0 bridgehead atoms. The molecule has 4 aromatic rings. The van der Waals surface area contributed by atoms with Crippen molar-refractivity contribution in [1.82, 2.24) is 15.0 Å². The minimum absolute atomic E-state index is 0.264. The topological polar surface area (TPSA) is 84.7 Å². The number of pyridine rings is 2. The molecule has 3 aromatic heterocycles. The molecule has 4 rings (SSSR count). The lowest BCUT2D eigenvalue weighted by Gasteiger charge is -2.09. The van der Waals surface area contributed by atoms with Crippen molar-refractivity contribution >= 4 is 45.6 Å². The Hall–Kier alpha value is -3.15. The summed E-state index contributed by atoms with van der Waals surface area (Å²) in [4.78, 5) is 24.8. The third-order valence-corrected chi connectivity index (χ3v) is 5.24. The van der Waals surface area contributed by atoms with Gasteiger partial charge in [-0.2, -0.15) is 0 Å². The maximum atomic E-state index is 13.3. The van der Waals surface area contributed by atoms with Crippen molar-refractivity contribution in [2.24, 2.45) is 5.73 Å². The van der Waals surface area contributed by atoms with Gasteiger partial charge in [-0.25, -0.2) is 4.98 Å². The van der Waals surface area contributed by atoms with E-state index in [1.165, 1.54) is 6.20 Å². The Labute approximate surface area is 170 Å². The molecule has 7 heteroatoms. The van der Waals surface area contributed by atoms with Crippen LogP contribution in [-0.4, -0.2) is 20.7 Å². The first-order valence-corrected chi connectivity index (χ1v) is 9.14. The number of hydrogen-bond donors (Lipinski definition) is 2. The fourth-order valence-corrected chi connectivity index (χ4v) is 3.43. The molecule has 0 radical (unpaired) electrons. The van der Waals surface area contributed by atoms with E-state index in [4.69, 9.17) is 28.9 Å². The lowest BCUT2D eigenvalue weighted by atomic mass is 9.97. The minimum atomic E-state index is -0.275. The van der Waals surface area contributed by atoms with Crippen LogP contribution in [0.4, 0.5) is 0 Å². The van der Waals surface area contributed by atoms with Crippen molar-refractivity contribution in [1.29, 1.82) is 0 Å². The number of nitrogens with zero attached hydrogens (tertiary/aromatic N) is 2. The summed E-state index contributed by atoms with van der Waals surface area (Å²) >= 11 is 12.4. The third kappa shape index (κ3) is 3.15. The van der Waals surface area contributed by atoms with E-state index in [9.17, 15) is 4.79 Å². The summed E-state index contributed by atoms with van der Waals surface area (Å²) in [5.74, 6) is -0.275. The van der Waals surface area contributed by atoms with Crippen molar-refractivity contribution in [3.63, 3.8) is 0 Å². The van der Waals surface area contributed by atoms with Crippen molar-refractivity contribution < 1.29 is 4.79 Å². The monoisotopic (exact) mass is 408 g/mol. The lowest BCUT2D eigenvalue weighted by Crippen LogP contribution is -2.05. The van der Waals surface area contributed by atoms with Crippen LogP contribution >= 0.6 is 23.2 Å². The van der Waals surface area contributed by atoms with Crippen molar-refractivity contribution in [3.8, 4) is 11.1 Å². The van der Waals surface area contributed by atoms with Crippen molar-refractivity contribution in [3.05, 3.63) is 88.6 Å². The van der Waals surface area contributed by atoms with Crippen LogP contribution < -0.4 is 5.73 Å². The second-order valence-corrected chi connectivity index (χ2v) is 6.86. The van der Waals surface area contributed by atoms with Crippen molar-refractivity contribution in [2.45, 2.75) is 0 Å². The first kappa shape index (κ1) is 18.2. The molecule has 0 aliphatic heterocycles. The third-order valence-electron chi connectivity index (χ3n) is 4.42. The van der Waals surface area contributed by atoms with Gasteiger partial charge in [0.05, 0.1) is 10.0 Å². The minimum Gasteiger partial charge on any atom is -0.404 e. The second kappa shape index (κ2) is 7.46. The number of rotatable bonds is 4. The van der Waals surface area contributed by atoms with Gasteiger partial charge in [0.1, 0.15) is 5.65 Å². The standard InChI is InChI=1S/C21H14Cl2N4O/c22-18-5-1-4-14(19(18)23)16(8-24)20(28)17-11-27-21-15(17)7-13(10-26-21)12-3-2-6-25-9-12/h1-11H,24H2,(H,26,27). The highest BCUT2D eigenvalue weighted by Gasteiger charge is 2.21. The van der Waals surface area contributed by atoms with Gasteiger partial charge in [0.15, 0.2) is 5.78 Å². The molecule has 3 heterocycles. The number of carbonyl (C=O) groups excluding carboxylic acids is 1. The van der Waals surface area contributed by atoms with Gasteiger partial charge in [0.25, 0.3) is 0 Å². The molecule has 0 fully saturated rings. The molecule has 0 unspecified atom stereocenters. The highest BCUT2D eigenvalue weighted by Crippen LogP contribution is 2.33. The molecule has 0 amide bonds. The molecule has 0 spiro atoms. The summed E-state index contributed by atoms with van der Waals surface area (Å²) < 4.78 is 0. The normalized spacial score (nSPS) is 11.7. The summed E-state index contributed by atoms with van der Waals surface area (Å²) in [6.07, 6.45) is 8.05. The van der Waals surface area contributed by atoms with E-state index in [2.05, 4.69) is 15.0 Å². The molecule has 0 saturated carbocycles. The number of nitrogens with two attached hydrogens (primary N) is 1. The van der Waals surface area contributed by atoms with Gasteiger partial charge in [0.2, 0.25) is 0 Å². The molecular formula is C21H14Cl2N4O. The van der Waals surface area contributed by atoms with Gasteiger partial charge in [-0.1, -0.05) is 41.4 Å². The summed E-state index contributed by atoms with van der Waals surface area (Å²) in [6.45, 7) is 0. The Morgan fingerprint density at radius 1 is 1.07 bits per heavy atom. The molecule has 138 valence electrons. The number of halogens is 2. The highest BCUT2D eigenvalue weighted by atomic mass is 35.5. The zero-order valence-corrected chi connectivity index (χ0v) is 16.0. The van der Waals surface area contributed by atoms with Crippen LogP contribution in [0.5, 0.6) is 0 Å². The number of aromatic nitrogens is 3. The summed E-state index contributed by atoms with van der Waals surface area (Å²) in [6, 6.07) is 10.8. The molecule has 3 N–H and O–H groups in total. The predicted molar refractivity (Wildman–Crippen MR) is 112 cm³/mol. The van der Waals surface area contributed by atoms with E-state index in [1.54, 1.807) is 43.0 Å². The van der Waals surface area contributed by atoms with E-state index in [0.29, 0.717) is 27.2 Å². The zero-order chi connectivity index (χ0) is 19.7. The summed E-state index contributed by atoms with van der Waals surface area (Å²) in [7, 11) is 0. The number of ketones is 1. The Morgan fingerprint density at radius 3 is 2.68 bits per heavy atom. The number of allylic oxidation sites excluding steroid dienone is 1. The van der Waals surface area contributed by atoms with Gasteiger partial charge in [0, 0.05) is 64.2 Å². The second-order valence-electron chi connectivity index (χ2n) is 6.08. The van der Waals surface area contributed by atoms with E-state index >= 15 is 0 Å². The number of benzene rings is 1. The molecule has 28 heavy (non-hydrogen) atoms. The first-order valence-electron chi connectivity index (χ1n) is 8.38. The maximum absolute atomic E-state index is 13.3. The zero-order valence-electron chi connectivity index (χ0n) is 14.5. The SMILES string of the molecule is NC=C(C(=O)c1c[nH]c2ncc(-c3cccnc3)cc12)c1cccc(Cl)c1Cl. The van der Waals surface area contributed by atoms with Crippen LogP contribution in [0.3, 0.4) is 0 Å². The number of Topliss-reactive ketones (excluding diaryl/α,β-unsaturated/α-hetero) is 1. The van der Waals surface area contributed by atoms with E-state index < -0.39 is 0 Å². The summed E-state index contributed by atoms with van der Waals surface area (Å²) in [5.41, 5.74) is 9.33. The van der Waals surface area contributed by atoms with Crippen LogP contribution in [0.1, 0.15) is 15.9 Å². The average molecular weight is 409 g/mol. The lowest BCUT2D eigenvalue weighted by molar-refractivity contribution is 0.105. The number of aromatic amines is 1. The molecule has 1 aromatic carbocycles. The molecule has 0 atom stereocenters. The smallest absolute Gasteiger partial charge is 0.197 e. The van der Waals surface area contributed by atoms with Gasteiger partial charge in [-0.15, -0.1) is 0 Å². The molecule has 0 aliphatic carbocycles. The molecule has 0 aliphatic rings. The number of hydrogen-bond acceptors (Lipinski definition) is 4. The number of H-pyrrole nitrogens is 1. The van der Waals surface area contributed by atoms with E-state index in [1.807, 2.05) is 18.2 Å². The van der Waals surface area contributed by atoms with Gasteiger partial charge in [-0.05, 0) is 18.2 Å². The van der Waals surface area contributed by atoms with Gasteiger partial charge >= 0.3 is 0 Å². The number of carbonyl (C=O) groups is 1. The average Bonchev–Trinajstić information content (AvgIpc) is 3.15. The maximum Gasteiger partial charge on any atom is 0.197 e. The van der Waals surface area contributed by atoms with Gasteiger partial charge in [-0.3, -0.25) is 9.78 Å². The Balaban J connectivity index is 1.82. The van der Waals surface area contributed by atoms with Crippen LogP contribution in [0.2, 0.25) is 10.0 Å². The van der Waals surface area contributed by atoms with Gasteiger partial charge < -0.3 is 10.7 Å². The van der Waals surface area contributed by atoms with Crippen LogP contribution in [0, 0.1) is 0 Å². The van der Waals surface area contributed by atoms with Crippen LogP contribution in [0.15, 0.2) is 67.4 Å². The fraction of sp³-hybridized carbons (Fsp3) is 0. The Bertz CT molecular complexity index is 1220. The number of nitrogens with one attached hydrogen (secondary N) is 1. The quantitative estimate of drug-likeness (QED) is 0.362. The Kier molecular flexibility index (Phi) is 4.86. The predicted octanol–water partition coefficient (Wildman–Crippen LogP) is 5.11. The number of fused-ring (bicyclic) bond motifs is 1. The fourth-order valence-electron chi connectivity index (χ4n) is 3.03. The molecular weight excluding hydrogens is 395 g/mol. The molecule has 0 saturated heterocycles. The Morgan fingerprint density at radius 2 is 1.93 bits per heavy atom. The van der Waals surface area contributed by atoms with Crippen LogP contribution in [-0.2, 0) is 0 Å². The first-order chi connectivity index (χ1) is 13.6. The largest absolute Gasteiger partial charge is 0.404 e. The van der Waals surface area contributed by atoms with E-state index in [0.717, 1.165) is 11.1 Å². The van der Waals surface area contributed by atoms with Crippen LogP contribution in [0.25, 0.3) is 27.7 Å². The summed E-state index contributed by atoms with van der Waals surface area (Å²) in [5, 5.41) is 1.32. The van der Waals surface area contributed by atoms with E-state index in [-0.39, 0.29) is 16.4 Å². The molecule has 5 nitrogen and oxygen atoms in total.